The lowest BCUT2D eigenvalue weighted by Gasteiger charge is -2.28. The van der Waals surface area contributed by atoms with Gasteiger partial charge in [-0.25, -0.2) is 0 Å². The van der Waals surface area contributed by atoms with E-state index in [2.05, 4.69) is 31.2 Å². The summed E-state index contributed by atoms with van der Waals surface area (Å²) in [7, 11) is 0. The molecule has 1 N–H and O–H groups in total. The molecule has 0 radical (unpaired) electrons. The average Bonchev–Trinajstić information content (AvgIpc) is 2.55. The minimum atomic E-state index is -0.827. The molecule has 2 rings (SSSR count). The van der Waals surface area contributed by atoms with Crippen LogP contribution < -0.4 is 0 Å². The van der Waals surface area contributed by atoms with Crippen LogP contribution in [0, 0.1) is 0 Å². The van der Waals surface area contributed by atoms with Crippen molar-refractivity contribution < 1.29 is 14.6 Å². The zero-order valence-electron chi connectivity index (χ0n) is 13.9. The van der Waals surface area contributed by atoms with Gasteiger partial charge in [0.2, 0.25) is 0 Å². The minimum absolute atomic E-state index is 0.219. The first-order valence-electron chi connectivity index (χ1n) is 8.18. The lowest BCUT2D eigenvalue weighted by molar-refractivity contribution is -0.146. The molecule has 0 aliphatic heterocycles. The van der Waals surface area contributed by atoms with Crippen LogP contribution in [0.2, 0.25) is 0 Å². The molecule has 23 heavy (non-hydrogen) atoms. The summed E-state index contributed by atoms with van der Waals surface area (Å²) in [5.74, 6) is -0.827. The summed E-state index contributed by atoms with van der Waals surface area (Å²) in [4.78, 5) is 13.7. The fraction of sp³-hybridized carbons (Fsp3) is 0.421. The zero-order valence-corrected chi connectivity index (χ0v) is 13.9. The third-order valence-electron chi connectivity index (χ3n) is 3.97. The second kappa shape index (κ2) is 8.65. The van der Waals surface area contributed by atoms with Crippen LogP contribution in [0.1, 0.15) is 25.8 Å². The number of carboxylic acids is 1. The number of aliphatic carboxylic acids is 1. The fourth-order valence-electron chi connectivity index (χ4n) is 2.84. The molecule has 1 atom stereocenters. The molecule has 0 aliphatic rings. The van der Waals surface area contributed by atoms with Crippen LogP contribution >= 0.6 is 0 Å². The first-order chi connectivity index (χ1) is 11.2. The number of carbonyl (C=O) groups is 1. The van der Waals surface area contributed by atoms with E-state index in [0.717, 1.165) is 18.5 Å². The number of fused-ring (bicyclic) bond motifs is 1. The van der Waals surface area contributed by atoms with Gasteiger partial charge in [0.25, 0.3) is 0 Å². The van der Waals surface area contributed by atoms with E-state index < -0.39 is 12.0 Å². The Labute approximate surface area is 137 Å². The Kier molecular flexibility index (Phi) is 6.56. The van der Waals surface area contributed by atoms with E-state index in [0.29, 0.717) is 13.2 Å². The van der Waals surface area contributed by atoms with Crippen molar-refractivity contribution in [3.63, 3.8) is 0 Å². The number of ether oxygens (including phenoxy) is 1. The number of hydrogen-bond acceptors (Lipinski definition) is 3. The highest BCUT2D eigenvalue weighted by molar-refractivity contribution is 5.85. The van der Waals surface area contributed by atoms with Crippen LogP contribution in [-0.2, 0) is 16.1 Å². The van der Waals surface area contributed by atoms with Crippen molar-refractivity contribution >= 4 is 16.7 Å². The van der Waals surface area contributed by atoms with Gasteiger partial charge in [0.15, 0.2) is 0 Å². The molecule has 0 amide bonds. The number of nitrogens with zero attached hydrogens (tertiary/aromatic N) is 1. The van der Waals surface area contributed by atoms with Gasteiger partial charge in [-0.1, -0.05) is 49.4 Å². The smallest absolute Gasteiger partial charge is 0.323 e. The van der Waals surface area contributed by atoms with E-state index in [1.165, 1.54) is 10.8 Å². The topological polar surface area (TPSA) is 49.8 Å². The molecule has 2 aromatic rings. The molecule has 0 bridgehead atoms. The van der Waals surface area contributed by atoms with Crippen LogP contribution in [-0.4, -0.2) is 41.8 Å². The van der Waals surface area contributed by atoms with E-state index >= 15 is 0 Å². The average molecular weight is 315 g/mol. The number of hydrogen-bond donors (Lipinski definition) is 1. The van der Waals surface area contributed by atoms with Crippen molar-refractivity contribution in [2.45, 2.75) is 32.9 Å². The molecular weight excluding hydrogens is 290 g/mol. The summed E-state index contributed by atoms with van der Waals surface area (Å²) in [5, 5.41) is 11.9. The normalized spacial score (nSPS) is 12.7. The van der Waals surface area contributed by atoms with Crippen LogP contribution in [0.4, 0.5) is 0 Å². The van der Waals surface area contributed by atoms with Gasteiger partial charge in [0.05, 0.1) is 6.61 Å². The Morgan fingerprint density at radius 2 is 1.91 bits per heavy atom. The Morgan fingerprint density at radius 3 is 2.61 bits per heavy atom. The molecule has 0 fully saturated rings. The van der Waals surface area contributed by atoms with E-state index in [4.69, 9.17) is 4.74 Å². The molecule has 0 spiro atoms. The lowest BCUT2D eigenvalue weighted by Crippen LogP contribution is -2.44. The molecule has 2 aromatic carbocycles. The minimum Gasteiger partial charge on any atom is -0.480 e. The maximum Gasteiger partial charge on any atom is 0.323 e. The lowest BCUT2D eigenvalue weighted by atomic mass is 10.0. The van der Waals surface area contributed by atoms with Gasteiger partial charge in [0, 0.05) is 13.2 Å². The highest BCUT2D eigenvalue weighted by Crippen LogP contribution is 2.21. The highest BCUT2D eigenvalue weighted by atomic mass is 16.5. The van der Waals surface area contributed by atoms with E-state index in [-0.39, 0.29) is 6.61 Å². The third-order valence-corrected chi connectivity index (χ3v) is 3.97. The second-order valence-electron chi connectivity index (χ2n) is 5.62. The molecule has 0 saturated carbocycles. The Balaban J connectivity index is 2.28. The zero-order chi connectivity index (χ0) is 16.7. The van der Waals surface area contributed by atoms with Gasteiger partial charge in [-0.2, -0.15) is 0 Å². The maximum atomic E-state index is 11.7. The van der Waals surface area contributed by atoms with Crippen molar-refractivity contribution in [3.8, 4) is 0 Å². The molecule has 0 saturated heterocycles. The molecule has 4 nitrogen and oxygen atoms in total. The van der Waals surface area contributed by atoms with Crippen LogP contribution in [0.5, 0.6) is 0 Å². The van der Waals surface area contributed by atoms with Gasteiger partial charge in [-0.05, 0) is 36.2 Å². The summed E-state index contributed by atoms with van der Waals surface area (Å²) in [6.45, 7) is 6.03. The van der Waals surface area contributed by atoms with Crippen LogP contribution in [0.15, 0.2) is 42.5 Å². The summed E-state index contributed by atoms with van der Waals surface area (Å²) >= 11 is 0. The maximum absolute atomic E-state index is 11.7. The largest absolute Gasteiger partial charge is 0.480 e. The quantitative estimate of drug-likeness (QED) is 0.769. The Morgan fingerprint density at radius 1 is 1.17 bits per heavy atom. The van der Waals surface area contributed by atoms with E-state index in [9.17, 15) is 9.90 Å². The number of benzene rings is 2. The molecule has 124 valence electrons. The van der Waals surface area contributed by atoms with Crippen LogP contribution in [0.25, 0.3) is 10.8 Å². The van der Waals surface area contributed by atoms with Crippen LogP contribution in [0.3, 0.4) is 0 Å². The van der Waals surface area contributed by atoms with Crippen molar-refractivity contribution in [3.05, 3.63) is 48.0 Å². The number of carboxylic acid groups (broad SMARTS) is 1. The Bertz CT molecular complexity index is 636. The summed E-state index contributed by atoms with van der Waals surface area (Å²) in [6, 6.07) is 13.8. The van der Waals surface area contributed by atoms with Gasteiger partial charge < -0.3 is 9.84 Å². The molecular formula is C19H25NO3. The van der Waals surface area contributed by atoms with Crippen molar-refractivity contribution in [1.82, 2.24) is 4.90 Å². The molecule has 0 aliphatic carbocycles. The fourth-order valence-corrected chi connectivity index (χ4v) is 2.84. The molecule has 1 unspecified atom stereocenters. The standard InChI is InChI=1S/C19H25NO3/c1-3-12-20(18(19(21)22)14-23-4-2)13-16-10-7-9-15-8-5-6-11-17(15)16/h5-11,18H,3-4,12-14H2,1-2H3,(H,21,22). The van der Waals surface area contributed by atoms with Crippen molar-refractivity contribution in [1.29, 1.82) is 0 Å². The van der Waals surface area contributed by atoms with E-state index in [1.54, 1.807) is 0 Å². The summed E-state index contributed by atoms with van der Waals surface area (Å²) in [6.07, 6.45) is 0.903. The molecule has 0 aromatic heterocycles. The van der Waals surface area contributed by atoms with Gasteiger partial charge in [-0.3, -0.25) is 9.69 Å². The first-order valence-corrected chi connectivity index (χ1v) is 8.18. The summed E-state index contributed by atoms with van der Waals surface area (Å²) < 4.78 is 5.39. The third kappa shape index (κ3) is 4.53. The van der Waals surface area contributed by atoms with Gasteiger partial charge in [0.1, 0.15) is 6.04 Å². The SMILES string of the molecule is CCCN(Cc1cccc2ccccc12)C(COCC)C(=O)O. The summed E-state index contributed by atoms with van der Waals surface area (Å²) in [5.41, 5.74) is 1.15. The highest BCUT2D eigenvalue weighted by Gasteiger charge is 2.25. The van der Waals surface area contributed by atoms with Gasteiger partial charge in [-0.15, -0.1) is 0 Å². The van der Waals surface area contributed by atoms with Crippen molar-refractivity contribution in [2.24, 2.45) is 0 Å². The molecule has 4 heteroatoms. The number of rotatable bonds is 9. The Hall–Kier alpha value is -1.91. The van der Waals surface area contributed by atoms with E-state index in [1.807, 2.05) is 30.0 Å². The second-order valence-corrected chi connectivity index (χ2v) is 5.62. The predicted octanol–water partition coefficient (Wildman–Crippen LogP) is 3.54. The predicted molar refractivity (Wildman–Crippen MR) is 92.6 cm³/mol. The first kappa shape index (κ1) is 17.4. The van der Waals surface area contributed by atoms with Gasteiger partial charge >= 0.3 is 5.97 Å². The molecule has 0 heterocycles. The monoisotopic (exact) mass is 315 g/mol. The van der Waals surface area contributed by atoms with Crippen molar-refractivity contribution in [2.75, 3.05) is 19.8 Å².